The van der Waals surface area contributed by atoms with Gasteiger partial charge in [-0.15, -0.1) is 0 Å². The lowest BCUT2D eigenvalue weighted by molar-refractivity contribution is -0.137. The minimum absolute atomic E-state index is 0.0410. The van der Waals surface area contributed by atoms with E-state index in [0.717, 1.165) is 16.7 Å². The lowest BCUT2D eigenvalue weighted by Crippen LogP contribution is -2.52. The highest BCUT2D eigenvalue weighted by Crippen LogP contribution is 2.28. The molecule has 2 N–H and O–H groups in total. The van der Waals surface area contributed by atoms with Gasteiger partial charge < -0.3 is 15.1 Å². The molecular weight excluding hydrogens is 424 g/mol. The maximum absolute atomic E-state index is 12.9. The Hall–Kier alpha value is -4.01. The van der Waals surface area contributed by atoms with Crippen molar-refractivity contribution in [2.24, 2.45) is 0 Å². The number of carbonyl (C=O) groups excluding carboxylic acids is 5. The SMILES string of the molecule is O=C(CN1Cc2ccccc2C1=O)NCc1ccc2c(c1)C(=O)N(C1CCC(=O)NC1=O)C2. The average molecular weight is 446 g/mol. The molecule has 3 heterocycles. The van der Waals surface area contributed by atoms with Crippen molar-refractivity contribution >= 4 is 29.5 Å². The smallest absolute Gasteiger partial charge is 0.255 e. The van der Waals surface area contributed by atoms with Gasteiger partial charge in [0, 0.05) is 37.2 Å². The molecular formula is C24H22N4O5. The molecule has 168 valence electrons. The highest BCUT2D eigenvalue weighted by Gasteiger charge is 2.39. The average Bonchev–Trinajstić information content (AvgIpc) is 3.29. The van der Waals surface area contributed by atoms with Crippen LogP contribution in [0.15, 0.2) is 42.5 Å². The fourth-order valence-electron chi connectivity index (χ4n) is 4.58. The van der Waals surface area contributed by atoms with Gasteiger partial charge >= 0.3 is 0 Å². The molecule has 0 bridgehead atoms. The number of hydrogen-bond donors (Lipinski definition) is 2. The van der Waals surface area contributed by atoms with E-state index in [1.54, 1.807) is 18.2 Å². The third-order valence-electron chi connectivity index (χ3n) is 6.31. The summed E-state index contributed by atoms with van der Waals surface area (Å²) in [5, 5.41) is 5.10. The van der Waals surface area contributed by atoms with Gasteiger partial charge in [0.2, 0.25) is 17.7 Å². The maximum atomic E-state index is 12.9. The normalized spacial score (nSPS) is 19.5. The summed E-state index contributed by atoms with van der Waals surface area (Å²) in [6.45, 7) is 0.893. The largest absolute Gasteiger partial charge is 0.350 e. The van der Waals surface area contributed by atoms with Crippen molar-refractivity contribution in [2.75, 3.05) is 6.54 Å². The van der Waals surface area contributed by atoms with Crippen LogP contribution in [0.25, 0.3) is 0 Å². The molecule has 2 aromatic carbocycles. The fourth-order valence-corrected chi connectivity index (χ4v) is 4.58. The standard InChI is InChI=1S/C24H22N4O5/c29-20-8-7-19(22(31)26-20)28-12-16-6-5-14(9-18(16)24(28)33)10-25-21(30)13-27-11-15-3-1-2-4-17(15)23(27)32/h1-6,9,19H,7-8,10-13H2,(H,25,30)(H,26,29,31). The number of piperidine rings is 1. The van der Waals surface area contributed by atoms with Crippen molar-refractivity contribution in [1.29, 1.82) is 0 Å². The van der Waals surface area contributed by atoms with Crippen LogP contribution in [-0.4, -0.2) is 51.9 Å². The maximum Gasteiger partial charge on any atom is 0.255 e. The molecule has 9 heteroatoms. The zero-order valence-corrected chi connectivity index (χ0v) is 17.8. The Labute approximate surface area is 189 Å². The van der Waals surface area contributed by atoms with Crippen LogP contribution < -0.4 is 10.6 Å². The van der Waals surface area contributed by atoms with Gasteiger partial charge in [0.25, 0.3) is 11.8 Å². The molecule has 5 amide bonds. The van der Waals surface area contributed by atoms with Crippen molar-refractivity contribution in [1.82, 2.24) is 20.4 Å². The van der Waals surface area contributed by atoms with Gasteiger partial charge in [-0.2, -0.15) is 0 Å². The molecule has 1 unspecified atom stereocenters. The molecule has 0 spiro atoms. The predicted molar refractivity (Wildman–Crippen MR) is 116 cm³/mol. The van der Waals surface area contributed by atoms with Crippen molar-refractivity contribution < 1.29 is 24.0 Å². The van der Waals surface area contributed by atoms with E-state index in [-0.39, 0.29) is 43.1 Å². The topological polar surface area (TPSA) is 116 Å². The van der Waals surface area contributed by atoms with E-state index >= 15 is 0 Å². The van der Waals surface area contributed by atoms with Crippen molar-refractivity contribution in [3.05, 3.63) is 70.3 Å². The summed E-state index contributed by atoms with van der Waals surface area (Å²) in [4.78, 5) is 64.3. The summed E-state index contributed by atoms with van der Waals surface area (Å²) >= 11 is 0. The van der Waals surface area contributed by atoms with Gasteiger partial charge in [-0.3, -0.25) is 29.3 Å². The number of hydrogen-bond acceptors (Lipinski definition) is 5. The molecule has 1 saturated heterocycles. The number of amides is 5. The minimum Gasteiger partial charge on any atom is -0.350 e. The van der Waals surface area contributed by atoms with E-state index in [4.69, 9.17) is 0 Å². The second-order valence-electron chi connectivity index (χ2n) is 8.49. The second-order valence-corrected chi connectivity index (χ2v) is 8.49. The van der Waals surface area contributed by atoms with Crippen molar-refractivity contribution in [2.45, 2.75) is 38.5 Å². The lowest BCUT2D eigenvalue weighted by atomic mass is 10.0. The number of imide groups is 1. The van der Waals surface area contributed by atoms with E-state index in [1.165, 1.54) is 9.80 Å². The highest BCUT2D eigenvalue weighted by molar-refractivity contribution is 6.05. The number of rotatable bonds is 5. The molecule has 0 aromatic heterocycles. The van der Waals surface area contributed by atoms with E-state index in [1.807, 2.05) is 24.3 Å². The number of nitrogens with zero attached hydrogens (tertiary/aromatic N) is 2. The molecule has 3 aliphatic heterocycles. The third kappa shape index (κ3) is 3.86. The summed E-state index contributed by atoms with van der Waals surface area (Å²) in [7, 11) is 0. The first kappa shape index (κ1) is 20.9. The lowest BCUT2D eigenvalue weighted by Gasteiger charge is -2.29. The van der Waals surface area contributed by atoms with Crippen LogP contribution in [0.4, 0.5) is 0 Å². The van der Waals surface area contributed by atoms with Crippen molar-refractivity contribution in [3.8, 4) is 0 Å². The first-order chi connectivity index (χ1) is 15.9. The summed E-state index contributed by atoms with van der Waals surface area (Å²) in [6.07, 6.45) is 0.519. The molecule has 1 atom stereocenters. The van der Waals surface area contributed by atoms with Gasteiger partial charge in [-0.1, -0.05) is 30.3 Å². The van der Waals surface area contributed by atoms with E-state index in [9.17, 15) is 24.0 Å². The van der Waals surface area contributed by atoms with Gasteiger partial charge in [0.05, 0.1) is 0 Å². The molecule has 3 aliphatic rings. The molecule has 9 nitrogen and oxygen atoms in total. The Bertz CT molecular complexity index is 1210. The first-order valence-electron chi connectivity index (χ1n) is 10.8. The number of benzene rings is 2. The summed E-state index contributed by atoms with van der Waals surface area (Å²) in [5.41, 5.74) is 3.59. The Morgan fingerprint density at radius 1 is 0.970 bits per heavy atom. The van der Waals surface area contributed by atoms with Crippen molar-refractivity contribution in [3.63, 3.8) is 0 Å². The van der Waals surface area contributed by atoms with Gasteiger partial charge in [-0.25, -0.2) is 0 Å². The first-order valence-corrected chi connectivity index (χ1v) is 10.8. The zero-order chi connectivity index (χ0) is 23.1. The second kappa shape index (κ2) is 8.16. The summed E-state index contributed by atoms with van der Waals surface area (Å²) in [5.74, 6) is -1.46. The van der Waals surface area contributed by atoms with Crippen LogP contribution in [0.5, 0.6) is 0 Å². The minimum atomic E-state index is -0.659. The molecule has 0 saturated carbocycles. The Morgan fingerprint density at radius 2 is 1.76 bits per heavy atom. The number of carbonyl (C=O) groups is 5. The molecule has 0 radical (unpaired) electrons. The molecule has 0 aliphatic carbocycles. The highest BCUT2D eigenvalue weighted by atomic mass is 16.2. The molecule has 1 fully saturated rings. The van der Waals surface area contributed by atoms with Gasteiger partial charge in [-0.05, 0) is 35.2 Å². The van der Waals surface area contributed by atoms with Crippen LogP contribution in [0.2, 0.25) is 0 Å². The zero-order valence-electron chi connectivity index (χ0n) is 17.8. The van der Waals surface area contributed by atoms with Crippen LogP contribution in [0.3, 0.4) is 0 Å². The Balaban J connectivity index is 1.19. The van der Waals surface area contributed by atoms with E-state index in [0.29, 0.717) is 30.6 Å². The monoisotopic (exact) mass is 446 g/mol. The predicted octanol–water partition coefficient (Wildman–Crippen LogP) is 0.720. The van der Waals surface area contributed by atoms with Crippen LogP contribution in [0.1, 0.15) is 50.2 Å². The quantitative estimate of drug-likeness (QED) is 0.657. The van der Waals surface area contributed by atoms with E-state index in [2.05, 4.69) is 10.6 Å². The number of fused-ring (bicyclic) bond motifs is 2. The third-order valence-corrected chi connectivity index (χ3v) is 6.31. The molecule has 33 heavy (non-hydrogen) atoms. The molecule has 2 aromatic rings. The van der Waals surface area contributed by atoms with Gasteiger partial charge in [0.1, 0.15) is 12.6 Å². The van der Waals surface area contributed by atoms with Crippen LogP contribution in [-0.2, 0) is 34.0 Å². The van der Waals surface area contributed by atoms with E-state index < -0.39 is 11.9 Å². The Morgan fingerprint density at radius 3 is 2.55 bits per heavy atom. The molecule has 5 rings (SSSR count). The Kier molecular flexibility index (Phi) is 5.16. The summed E-state index contributed by atoms with van der Waals surface area (Å²) in [6, 6.07) is 12.0. The fraction of sp³-hybridized carbons (Fsp3) is 0.292. The number of nitrogens with one attached hydrogen (secondary N) is 2. The van der Waals surface area contributed by atoms with Crippen LogP contribution in [0, 0.1) is 0 Å². The van der Waals surface area contributed by atoms with Gasteiger partial charge in [0.15, 0.2) is 0 Å². The van der Waals surface area contributed by atoms with Crippen LogP contribution >= 0.6 is 0 Å². The summed E-state index contributed by atoms with van der Waals surface area (Å²) < 4.78 is 0.